The second-order valence-electron chi connectivity index (χ2n) is 27.1. The summed E-state index contributed by atoms with van der Waals surface area (Å²) < 4.78 is 49.2. The van der Waals surface area contributed by atoms with E-state index >= 15 is 0 Å². The molecule has 538 valence electrons. The third kappa shape index (κ3) is 16.5. The number of hydrogen-bond acceptors (Lipinski definition) is 13. The van der Waals surface area contributed by atoms with E-state index in [1.165, 1.54) is 28.2 Å². The Labute approximate surface area is 625 Å². The number of piperidine rings is 2. The standard InChI is InChI=1S/C52H48ClN3O7S.C29H35ClN4O2.CH4FI/c53-36-11-9-34(10-12-36)35-20-25-54(26-21-35)22-5-24-56-45-19-15-39(32-47(45)55-23-4-7-46(55)50(56)59)61-27-3-1-2-6-40(64)28-33-8-16-42-41(29-33)51(60)63-52(42)43-17-13-37(57)30-48(43)62-49-31-38(58)14-18-44(49)52;30-24-8-6-22(7-9-24)23-12-18-32(19-13-23)15-4-17-34-26-11-10-25(36-20-2-1-14-31)21-28(26)33-16-3-5-27(33)29(34)35;1-3-2/h4,7-19,23,29-32,35,57-58H,1-3,5-6,20-22,24-28H2;3,5-11,16,21,23H,1-2,4,12-15,17-20,31H2;3H,1H3/i;;3T. The molecule has 0 bridgehead atoms. The fourth-order valence-corrected chi connectivity index (χ4v) is 15.8. The molecule has 4 aliphatic rings. The van der Waals surface area contributed by atoms with E-state index in [0.717, 1.165) is 170 Å². The molecule has 8 heterocycles. The quantitative estimate of drug-likeness (QED) is 0.0171. The number of phenolic OH excluding ortho intramolecular Hbond substituents is 2. The van der Waals surface area contributed by atoms with Gasteiger partial charge in [0.05, 0.1) is 40.8 Å². The van der Waals surface area contributed by atoms with Crippen molar-refractivity contribution in [3.63, 3.8) is 0 Å². The molecule has 15 rings (SSSR count). The number of rotatable bonds is 24. The van der Waals surface area contributed by atoms with Crippen molar-refractivity contribution in [1.29, 1.82) is 0.594 Å². The fourth-order valence-electron chi connectivity index (χ4n) is 15.3. The number of thiocarbonyl (C=S) groups is 1. The van der Waals surface area contributed by atoms with Crippen molar-refractivity contribution in [2.24, 2.45) is 5.73 Å². The molecule has 0 aliphatic carbocycles. The summed E-state index contributed by atoms with van der Waals surface area (Å²) in [5.74, 6) is 3.01. The molecule has 0 atom stereocenters. The monoisotopic (exact) mass is 1560 g/mol. The number of hydrogen-bond donors (Lipinski definition) is 3. The van der Waals surface area contributed by atoms with Crippen molar-refractivity contribution in [1.82, 2.24) is 27.7 Å². The Balaban J connectivity index is 0.000000202. The van der Waals surface area contributed by atoms with Crippen LogP contribution in [0.2, 0.25) is 10.0 Å². The molecule has 103 heavy (non-hydrogen) atoms. The van der Waals surface area contributed by atoms with E-state index < -0.39 is 33.2 Å². The zero-order valence-corrected chi connectivity index (χ0v) is 62.3. The van der Waals surface area contributed by atoms with Crippen molar-refractivity contribution in [3.05, 3.63) is 246 Å². The van der Waals surface area contributed by atoms with E-state index in [2.05, 4.69) is 34.1 Å². The van der Waals surface area contributed by atoms with Crippen LogP contribution in [0.15, 0.2) is 186 Å². The van der Waals surface area contributed by atoms with E-state index in [-0.39, 0.29) is 22.6 Å². The summed E-state index contributed by atoms with van der Waals surface area (Å²) in [5, 5.41) is 22.0. The van der Waals surface area contributed by atoms with E-state index in [0.29, 0.717) is 95.9 Å². The van der Waals surface area contributed by atoms with Crippen LogP contribution in [0, 0.1) is 0 Å². The van der Waals surface area contributed by atoms with E-state index in [9.17, 15) is 27.5 Å². The number of fused-ring (bicyclic) bond motifs is 12. The first-order valence-electron chi connectivity index (χ1n) is 36.1. The van der Waals surface area contributed by atoms with Crippen molar-refractivity contribution >= 4 is 101 Å². The number of aromatic hydroxyl groups is 2. The summed E-state index contributed by atoms with van der Waals surface area (Å²) in [4.78, 5) is 47.8. The van der Waals surface area contributed by atoms with Gasteiger partial charge in [-0.3, -0.25) is 9.59 Å². The number of carbonyl (C=O) groups excluding carboxylic acids is 1. The number of carbonyl (C=O) groups is 1. The molecule has 2 fully saturated rings. The fraction of sp³-hybridized carbons (Fsp3) is 0.341. The van der Waals surface area contributed by atoms with Gasteiger partial charge in [-0.2, -0.15) is 0 Å². The molecule has 4 aromatic heterocycles. The Morgan fingerprint density at radius 1 is 0.583 bits per heavy atom. The van der Waals surface area contributed by atoms with Crippen molar-refractivity contribution in [2.75, 3.05) is 64.0 Å². The van der Waals surface area contributed by atoms with E-state index in [4.69, 9.17) is 60.7 Å². The Bertz CT molecular complexity index is 4940. The number of nitrogens with two attached hydrogens (primary N) is 1. The van der Waals surface area contributed by atoms with Crippen molar-refractivity contribution < 1.29 is 36.8 Å². The third-order valence-electron chi connectivity index (χ3n) is 20.5. The molecular formula is C82H87Cl2FIN7O9S. The predicted octanol–water partition coefficient (Wildman–Crippen LogP) is 17.2. The number of alkyl halides is 1. The van der Waals surface area contributed by atoms with Crippen LogP contribution >= 0.6 is 57.0 Å². The van der Waals surface area contributed by atoms with Crippen LogP contribution < -0.4 is 31.1 Å². The topological polar surface area (TPSA) is 180 Å². The van der Waals surface area contributed by atoms with Crippen molar-refractivity contribution in [3.8, 4) is 34.5 Å². The zero-order valence-electron chi connectivity index (χ0n) is 58.8. The van der Waals surface area contributed by atoms with E-state index in [1.54, 1.807) is 24.3 Å². The zero-order chi connectivity index (χ0) is 72.4. The Morgan fingerprint density at radius 3 is 1.54 bits per heavy atom. The molecule has 0 radical (unpaired) electrons. The van der Waals surface area contributed by atoms with Gasteiger partial charge >= 0.3 is 35.9 Å². The summed E-state index contributed by atoms with van der Waals surface area (Å²) >= 11 is 15.5. The SMILES string of the molecule is NCCCCOc1ccc2c(c1)n1cccc1c(=O)n2CCCN1CCC(c2ccc(Cl)cc2)CC1.O=C1OC2(c3ccc(O)cc3Oc3cc(O)ccc32)c2ccc(CC(=S)CCCCCOc3ccc4c(c3)n3cccc3c(=O)n4CCCN3CCC(c4ccc(Cl)cc4)CC3)cc21.[3H]I(C)F. The van der Waals surface area contributed by atoms with Crippen molar-refractivity contribution in [2.45, 2.75) is 114 Å². The number of benzene rings is 7. The van der Waals surface area contributed by atoms with Gasteiger partial charge in [0.1, 0.15) is 45.5 Å². The number of esters is 1. The summed E-state index contributed by atoms with van der Waals surface area (Å²) in [6.45, 7) is 9.46. The molecule has 4 N–H and O–H groups in total. The minimum atomic E-state index is -2.51. The van der Waals surface area contributed by atoms with Gasteiger partial charge in [-0.15, -0.1) is 0 Å². The van der Waals surface area contributed by atoms with Gasteiger partial charge in [-0.1, -0.05) is 71.8 Å². The van der Waals surface area contributed by atoms with Gasteiger partial charge in [-0.05, 0) is 259 Å². The molecule has 4 aliphatic heterocycles. The number of aryl methyl sites for hydroxylation is 2. The average molecular weight is 1570 g/mol. The maximum absolute atomic E-state index is 13.7. The van der Waals surface area contributed by atoms with Gasteiger partial charge in [0.15, 0.2) is 5.60 Å². The summed E-state index contributed by atoms with van der Waals surface area (Å²) in [7, 11) is 0. The van der Waals surface area contributed by atoms with Gasteiger partial charge < -0.3 is 62.6 Å². The van der Waals surface area contributed by atoms with Crippen LogP contribution in [0.3, 0.4) is 0 Å². The van der Waals surface area contributed by atoms with E-state index in [1.807, 2.05) is 133 Å². The Hall–Kier alpha value is -8.28. The first-order chi connectivity index (χ1) is 50.5. The molecule has 0 amide bonds. The molecule has 1 spiro atoms. The van der Waals surface area contributed by atoms with Crippen LogP contribution in [-0.2, 0) is 29.8 Å². The molecular weight excluding hydrogens is 1480 g/mol. The number of halogens is 4. The number of phenols is 2. The van der Waals surface area contributed by atoms with Gasteiger partial charge in [-0.25, -0.2) is 4.79 Å². The molecule has 11 aromatic rings. The van der Waals surface area contributed by atoms with Crippen LogP contribution in [0.5, 0.6) is 34.5 Å². The minimum absolute atomic E-state index is 0.00994. The molecule has 0 saturated carbocycles. The number of unbranched alkanes of at least 4 members (excludes halogenated alkanes) is 3. The van der Waals surface area contributed by atoms with Gasteiger partial charge in [0, 0.05) is 82.9 Å². The van der Waals surface area contributed by atoms with Gasteiger partial charge in [0.2, 0.25) is 0 Å². The Morgan fingerprint density at radius 2 is 1.06 bits per heavy atom. The normalized spacial score (nSPS) is 15.4. The molecule has 2 saturated heterocycles. The van der Waals surface area contributed by atoms with Gasteiger partial charge in [0.25, 0.3) is 11.1 Å². The first-order valence-corrected chi connectivity index (χ1v) is 39.9. The predicted molar refractivity (Wildman–Crippen MR) is 422 cm³/mol. The number of ether oxygens (including phenoxy) is 4. The summed E-state index contributed by atoms with van der Waals surface area (Å²) in [6.07, 6.45) is 16.2. The second-order valence-corrected chi connectivity index (χ2v) is 29.3. The molecule has 21 heteroatoms. The number of likely N-dealkylation sites (tertiary alicyclic amines) is 2. The second kappa shape index (κ2) is 33.7. The molecule has 16 nitrogen and oxygen atoms in total. The van der Waals surface area contributed by atoms with Crippen LogP contribution in [0.1, 0.15) is 133 Å². The third-order valence-corrected chi connectivity index (χ3v) is 21.3. The molecule has 0 unspecified atom stereocenters. The average Bonchev–Trinajstić information content (AvgIpc) is 1.49. The number of aromatic nitrogens is 4. The van der Waals surface area contributed by atoms with Crippen LogP contribution in [-0.4, -0.2) is 113 Å². The summed E-state index contributed by atoms with van der Waals surface area (Å²) in [5.41, 5.74) is 15.5. The maximum atomic E-state index is 13.7. The summed E-state index contributed by atoms with van der Waals surface area (Å²) in [6, 6.07) is 51.5. The Kier molecular flexibility index (Phi) is 23.4. The number of nitrogens with zero attached hydrogens (tertiary/aromatic N) is 6. The molecule has 7 aromatic carbocycles. The first kappa shape index (κ1) is 71.7. The van der Waals surface area contributed by atoms with Crippen LogP contribution in [0.25, 0.3) is 33.1 Å². The van der Waals surface area contributed by atoms with Crippen LogP contribution in [0.4, 0.5) is 2.86 Å².